The maximum atomic E-state index is 12.6. The van der Waals surface area contributed by atoms with Gasteiger partial charge in [0.05, 0.1) is 11.3 Å². The molecule has 1 aromatic rings. The molecule has 1 aliphatic carbocycles. The van der Waals surface area contributed by atoms with Crippen molar-refractivity contribution < 1.29 is 22.8 Å². The van der Waals surface area contributed by atoms with E-state index in [9.17, 15) is 22.8 Å². The van der Waals surface area contributed by atoms with E-state index in [4.69, 9.17) is 5.73 Å². The molecule has 28 heavy (non-hydrogen) atoms. The third-order valence-electron chi connectivity index (χ3n) is 5.23. The van der Waals surface area contributed by atoms with Crippen LogP contribution in [0.1, 0.15) is 44.2 Å². The Kier molecular flexibility index (Phi) is 6.57. The van der Waals surface area contributed by atoms with Crippen molar-refractivity contribution in [2.45, 2.75) is 45.7 Å². The highest BCUT2D eigenvalue weighted by atomic mass is 19.4. The van der Waals surface area contributed by atoms with Crippen molar-refractivity contribution in [2.75, 3.05) is 13.6 Å². The summed E-state index contributed by atoms with van der Waals surface area (Å²) in [6.07, 6.45) is -0.549. The zero-order valence-corrected chi connectivity index (χ0v) is 16.5. The number of carbonyl (C=O) groups excluding carboxylic acids is 2. The Balaban J connectivity index is 1.82. The predicted molar refractivity (Wildman–Crippen MR) is 101 cm³/mol. The van der Waals surface area contributed by atoms with Crippen LogP contribution in [0.4, 0.5) is 13.2 Å². The van der Waals surface area contributed by atoms with Crippen LogP contribution in [0.5, 0.6) is 0 Å². The summed E-state index contributed by atoms with van der Waals surface area (Å²) in [5, 5.41) is 0. The smallest absolute Gasteiger partial charge is 0.396 e. The van der Waals surface area contributed by atoms with Crippen molar-refractivity contribution in [2.24, 2.45) is 17.1 Å². The lowest BCUT2D eigenvalue weighted by Crippen LogP contribution is -2.36. The number of benzene rings is 1. The summed E-state index contributed by atoms with van der Waals surface area (Å²) in [6, 6.07) is 4.88. The van der Waals surface area contributed by atoms with Gasteiger partial charge in [-0.1, -0.05) is 32.1 Å². The van der Waals surface area contributed by atoms with Crippen molar-refractivity contribution in [1.82, 2.24) is 4.90 Å². The van der Waals surface area contributed by atoms with Gasteiger partial charge in [0.15, 0.2) is 5.78 Å². The molecule has 2 N–H and O–H groups in total. The molecule has 4 nitrogen and oxygen atoms in total. The minimum Gasteiger partial charge on any atom is -0.396 e. The first-order chi connectivity index (χ1) is 12.9. The zero-order valence-electron chi connectivity index (χ0n) is 16.5. The number of alkyl halides is 3. The van der Waals surface area contributed by atoms with Crippen LogP contribution < -0.4 is 5.73 Å². The van der Waals surface area contributed by atoms with Gasteiger partial charge in [0.25, 0.3) is 0 Å². The number of amides is 1. The number of nitrogens with two attached hydrogens (primary N) is 1. The average molecular weight is 396 g/mol. The first-order valence-corrected chi connectivity index (χ1v) is 9.32. The summed E-state index contributed by atoms with van der Waals surface area (Å²) < 4.78 is 37.7. The SMILES string of the molecule is CN(CCC1C=C(N)C(=O)C(C)(C)C1)C(=O)CCc1ccc(C(F)(F)F)cc1. The highest BCUT2D eigenvalue weighted by Gasteiger charge is 2.35. The highest BCUT2D eigenvalue weighted by molar-refractivity contribution is 5.99. The Morgan fingerprint density at radius 3 is 2.39 bits per heavy atom. The number of ketones is 1. The van der Waals surface area contributed by atoms with Crippen LogP contribution in [-0.4, -0.2) is 30.2 Å². The van der Waals surface area contributed by atoms with Crippen molar-refractivity contribution in [3.63, 3.8) is 0 Å². The Hall–Kier alpha value is -2.31. The molecule has 7 heteroatoms. The third kappa shape index (κ3) is 5.59. The molecule has 0 saturated heterocycles. The molecule has 0 saturated carbocycles. The second-order valence-corrected chi connectivity index (χ2v) is 8.10. The van der Waals surface area contributed by atoms with Gasteiger partial charge in [-0.15, -0.1) is 0 Å². The number of allylic oxidation sites excluding steroid dienone is 2. The monoisotopic (exact) mass is 396 g/mol. The lowest BCUT2D eigenvalue weighted by atomic mass is 9.73. The number of hydrogen-bond donors (Lipinski definition) is 1. The quantitative estimate of drug-likeness (QED) is 0.792. The summed E-state index contributed by atoms with van der Waals surface area (Å²) in [4.78, 5) is 25.9. The molecule has 0 bridgehead atoms. The van der Waals surface area contributed by atoms with E-state index in [1.54, 1.807) is 18.0 Å². The van der Waals surface area contributed by atoms with Gasteiger partial charge in [-0.05, 0) is 42.9 Å². The molecule has 1 aromatic carbocycles. The Morgan fingerprint density at radius 1 is 1.25 bits per heavy atom. The minimum absolute atomic E-state index is 0.0373. The van der Waals surface area contributed by atoms with Gasteiger partial charge in [-0.3, -0.25) is 9.59 Å². The number of halogens is 3. The van der Waals surface area contributed by atoms with Gasteiger partial charge in [-0.2, -0.15) is 13.2 Å². The zero-order chi connectivity index (χ0) is 21.1. The van der Waals surface area contributed by atoms with Crippen LogP contribution in [0.25, 0.3) is 0 Å². The largest absolute Gasteiger partial charge is 0.416 e. The standard InChI is InChI=1S/C21H27F3N2O2/c1-20(2)13-15(12-17(25)19(20)28)10-11-26(3)18(27)9-6-14-4-7-16(8-5-14)21(22,23)24/h4-5,7-8,12,15H,6,9-11,13,25H2,1-3H3. The number of hydrogen-bond acceptors (Lipinski definition) is 3. The molecule has 1 atom stereocenters. The number of carbonyl (C=O) groups is 2. The van der Waals surface area contributed by atoms with Gasteiger partial charge in [0.2, 0.25) is 5.91 Å². The molecule has 0 fully saturated rings. The third-order valence-corrected chi connectivity index (χ3v) is 5.23. The number of Topliss-reactive ketones (excluding diaryl/α,β-unsaturated/α-hetero) is 1. The highest BCUT2D eigenvalue weighted by Crippen LogP contribution is 2.35. The summed E-state index contributed by atoms with van der Waals surface area (Å²) in [7, 11) is 1.71. The van der Waals surface area contributed by atoms with Crippen LogP contribution in [-0.2, 0) is 22.2 Å². The van der Waals surface area contributed by atoms with Crippen molar-refractivity contribution in [1.29, 1.82) is 0 Å². The number of nitrogens with zero attached hydrogens (tertiary/aromatic N) is 1. The first-order valence-electron chi connectivity index (χ1n) is 9.32. The van der Waals surface area contributed by atoms with Crippen LogP contribution >= 0.6 is 0 Å². The Bertz CT molecular complexity index is 752. The van der Waals surface area contributed by atoms with Gasteiger partial charge in [0.1, 0.15) is 0 Å². The van der Waals surface area contributed by atoms with E-state index < -0.39 is 17.2 Å². The molecule has 2 rings (SSSR count). The topological polar surface area (TPSA) is 63.4 Å². The molecule has 1 aliphatic rings. The van der Waals surface area contributed by atoms with Gasteiger partial charge in [0, 0.05) is 25.4 Å². The van der Waals surface area contributed by atoms with E-state index in [2.05, 4.69) is 0 Å². The minimum atomic E-state index is -4.36. The van der Waals surface area contributed by atoms with Crippen molar-refractivity contribution >= 4 is 11.7 Å². The molecule has 0 heterocycles. The van der Waals surface area contributed by atoms with Crippen LogP contribution in [0.15, 0.2) is 36.0 Å². The van der Waals surface area contributed by atoms with Gasteiger partial charge < -0.3 is 10.6 Å². The fourth-order valence-corrected chi connectivity index (χ4v) is 3.50. The van der Waals surface area contributed by atoms with Crippen molar-refractivity contribution in [3.05, 3.63) is 47.2 Å². The second-order valence-electron chi connectivity index (χ2n) is 8.10. The maximum Gasteiger partial charge on any atom is 0.416 e. The Morgan fingerprint density at radius 2 is 1.86 bits per heavy atom. The summed E-state index contributed by atoms with van der Waals surface area (Å²) in [5.74, 6) is 0.0329. The first kappa shape index (κ1) is 22.0. The molecular formula is C21H27F3N2O2. The second kappa shape index (κ2) is 8.37. The van der Waals surface area contributed by atoms with Gasteiger partial charge in [-0.25, -0.2) is 0 Å². The van der Waals surface area contributed by atoms with Crippen LogP contribution in [0.3, 0.4) is 0 Å². The van der Waals surface area contributed by atoms with E-state index in [0.717, 1.165) is 12.1 Å². The summed E-state index contributed by atoms with van der Waals surface area (Å²) in [5.41, 5.74) is 5.62. The van der Waals surface area contributed by atoms with Crippen LogP contribution in [0, 0.1) is 11.3 Å². The number of rotatable bonds is 6. The fraction of sp³-hybridized carbons (Fsp3) is 0.524. The van der Waals surface area contributed by atoms with Crippen LogP contribution in [0.2, 0.25) is 0 Å². The lowest BCUT2D eigenvalue weighted by Gasteiger charge is -2.32. The normalized spacial score (nSPS) is 19.3. The summed E-state index contributed by atoms with van der Waals surface area (Å²) in [6.45, 7) is 4.28. The predicted octanol–water partition coefficient (Wildman–Crippen LogP) is 3.94. The van der Waals surface area contributed by atoms with E-state index in [0.29, 0.717) is 31.4 Å². The molecule has 0 aromatic heterocycles. The molecule has 154 valence electrons. The summed E-state index contributed by atoms with van der Waals surface area (Å²) >= 11 is 0. The molecule has 1 unspecified atom stereocenters. The van der Waals surface area contributed by atoms with Crippen molar-refractivity contribution in [3.8, 4) is 0 Å². The molecular weight excluding hydrogens is 369 g/mol. The van der Waals surface area contributed by atoms with Gasteiger partial charge >= 0.3 is 6.18 Å². The molecule has 0 spiro atoms. The molecule has 1 amide bonds. The van der Waals surface area contributed by atoms with E-state index >= 15 is 0 Å². The van der Waals surface area contributed by atoms with E-state index in [1.807, 2.05) is 13.8 Å². The maximum absolute atomic E-state index is 12.6. The number of aryl methyl sites for hydroxylation is 1. The fourth-order valence-electron chi connectivity index (χ4n) is 3.50. The lowest BCUT2D eigenvalue weighted by molar-refractivity contribution is -0.137. The Labute approximate surface area is 163 Å². The average Bonchev–Trinajstić information content (AvgIpc) is 2.61. The van der Waals surface area contributed by atoms with E-state index in [-0.39, 0.29) is 29.7 Å². The van der Waals surface area contributed by atoms with E-state index in [1.165, 1.54) is 12.1 Å². The molecule has 0 aliphatic heterocycles. The molecule has 0 radical (unpaired) electrons.